The molecular formula is C28H22FN3O. The molecule has 162 valence electrons. The number of aromatic nitrogens is 2. The van der Waals surface area contributed by atoms with Gasteiger partial charge in [-0.3, -0.25) is 9.89 Å². The molecule has 33 heavy (non-hydrogen) atoms. The van der Waals surface area contributed by atoms with Crippen molar-refractivity contribution in [2.45, 2.75) is 6.42 Å². The number of aromatic amines is 1. The Morgan fingerprint density at radius 2 is 1.64 bits per heavy atom. The third-order valence-corrected chi connectivity index (χ3v) is 5.71. The van der Waals surface area contributed by atoms with Crippen molar-refractivity contribution >= 4 is 16.7 Å². The van der Waals surface area contributed by atoms with E-state index < -0.39 is 0 Å². The standard InChI is InChI=1S/C28H22FN3O/c29-23-14-8-19(9-15-23)16-17-30-28(33)22-12-10-21(11-13-22)26-18-27(32-31-26)25-7-3-5-20-4-1-2-6-24(20)25/h1-15,18H,16-17H2,(H,30,33)(H,31,32). The van der Waals surface area contributed by atoms with Gasteiger partial charge in [-0.15, -0.1) is 0 Å². The van der Waals surface area contributed by atoms with Crippen molar-refractivity contribution in [3.63, 3.8) is 0 Å². The summed E-state index contributed by atoms with van der Waals surface area (Å²) >= 11 is 0. The van der Waals surface area contributed by atoms with Crippen molar-refractivity contribution < 1.29 is 9.18 Å². The second-order valence-corrected chi connectivity index (χ2v) is 7.90. The number of rotatable bonds is 6. The van der Waals surface area contributed by atoms with E-state index in [1.165, 1.54) is 22.9 Å². The van der Waals surface area contributed by atoms with Gasteiger partial charge in [0.15, 0.2) is 0 Å². The zero-order valence-electron chi connectivity index (χ0n) is 17.9. The lowest BCUT2D eigenvalue weighted by atomic mass is 10.0. The van der Waals surface area contributed by atoms with Crippen LogP contribution in [0.15, 0.2) is 97.1 Å². The Morgan fingerprint density at radius 3 is 2.45 bits per heavy atom. The van der Waals surface area contributed by atoms with E-state index in [2.05, 4.69) is 39.8 Å². The molecule has 2 N–H and O–H groups in total. The summed E-state index contributed by atoms with van der Waals surface area (Å²) in [7, 11) is 0. The molecule has 5 heteroatoms. The van der Waals surface area contributed by atoms with Crippen LogP contribution in [0.3, 0.4) is 0 Å². The molecule has 0 bridgehead atoms. The fourth-order valence-corrected chi connectivity index (χ4v) is 3.93. The van der Waals surface area contributed by atoms with Gasteiger partial charge in [-0.25, -0.2) is 4.39 Å². The van der Waals surface area contributed by atoms with Crippen LogP contribution in [0.5, 0.6) is 0 Å². The average Bonchev–Trinajstić information content (AvgIpc) is 3.35. The Bertz CT molecular complexity index is 1400. The van der Waals surface area contributed by atoms with Crippen molar-refractivity contribution in [1.82, 2.24) is 15.5 Å². The first kappa shape index (κ1) is 20.6. The molecule has 0 saturated heterocycles. The lowest BCUT2D eigenvalue weighted by Crippen LogP contribution is -2.25. The highest BCUT2D eigenvalue weighted by molar-refractivity contribution is 5.96. The molecule has 5 aromatic rings. The summed E-state index contributed by atoms with van der Waals surface area (Å²) in [5.74, 6) is -0.397. The number of nitrogens with zero attached hydrogens (tertiary/aromatic N) is 1. The van der Waals surface area contributed by atoms with Gasteiger partial charge in [-0.1, -0.05) is 66.7 Å². The van der Waals surface area contributed by atoms with Crippen LogP contribution in [0, 0.1) is 5.82 Å². The van der Waals surface area contributed by atoms with Gasteiger partial charge in [-0.2, -0.15) is 5.10 Å². The first-order valence-corrected chi connectivity index (χ1v) is 10.8. The van der Waals surface area contributed by atoms with Crippen molar-refractivity contribution in [3.05, 3.63) is 114 Å². The predicted octanol–water partition coefficient (Wildman–Crippen LogP) is 6.01. The number of H-pyrrole nitrogens is 1. The van der Waals surface area contributed by atoms with Gasteiger partial charge in [0.25, 0.3) is 5.91 Å². The second-order valence-electron chi connectivity index (χ2n) is 7.90. The molecule has 1 amide bonds. The number of carbonyl (C=O) groups excluding carboxylic acids is 1. The molecule has 0 unspecified atom stereocenters. The molecule has 0 aliphatic heterocycles. The van der Waals surface area contributed by atoms with Crippen LogP contribution in [-0.2, 0) is 6.42 Å². The topological polar surface area (TPSA) is 57.8 Å². The Kier molecular flexibility index (Phi) is 5.68. The fourth-order valence-electron chi connectivity index (χ4n) is 3.93. The maximum atomic E-state index is 13.0. The molecule has 0 aliphatic carbocycles. The number of halogens is 1. The maximum Gasteiger partial charge on any atom is 0.251 e. The monoisotopic (exact) mass is 435 g/mol. The normalized spacial score (nSPS) is 10.9. The molecule has 1 aromatic heterocycles. The quantitative estimate of drug-likeness (QED) is 0.343. The number of hydrogen-bond donors (Lipinski definition) is 2. The molecule has 0 saturated carbocycles. The highest BCUT2D eigenvalue weighted by Crippen LogP contribution is 2.29. The summed E-state index contributed by atoms with van der Waals surface area (Å²) in [6.07, 6.45) is 0.647. The first-order valence-electron chi connectivity index (χ1n) is 10.8. The Morgan fingerprint density at radius 1 is 0.879 bits per heavy atom. The van der Waals surface area contributed by atoms with Gasteiger partial charge in [0, 0.05) is 23.2 Å². The van der Waals surface area contributed by atoms with E-state index >= 15 is 0 Å². The third-order valence-electron chi connectivity index (χ3n) is 5.71. The third kappa shape index (κ3) is 4.53. The average molecular weight is 436 g/mol. The van der Waals surface area contributed by atoms with E-state index in [1.54, 1.807) is 24.3 Å². The van der Waals surface area contributed by atoms with Crippen LogP contribution in [0.4, 0.5) is 4.39 Å². The molecule has 0 atom stereocenters. The van der Waals surface area contributed by atoms with Crippen molar-refractivity contribution in [1.29, 1.82) is 0 Å². The van der Waals surface area contributed by atoms with E-state index in [-0.39, 0.29) is 11.7 Å². The minimum atomic E-state index is -0.260. The van der Waals surface area contributed by atoms with Crippen LogP contribution in [0.2, 0.25) is 0 Å². The number of hydrogen-bond acceptors (Lipinski definition) is 2. The van der Waals surface area contributed by atoms with E-state index in [1.807, 2.05) is 36.4 Å². The van der Waals surface area contributed by atoms with Crippen LogP contribution in [0.25, 0.3) is 33.3 Å². The van der Waals surface area contributed by atoms with Gasteiger partial charge in [0.2, 0.25) is 0 Å². The van der Waals surface area contributed by atoms with Gasteiger partial charge < -0.3 is 5.32 Å². The highest BCUT2D eigenvalue weighted by Gasteiger charge is 2.10. The smallest absolute Gasteiger partial charge is 0.251 e. The summed E-state index contributed by atoms with van der Waals surface area (Å²) < 4.78 is 13.0. The molecule has 5 rings (SSSR count). The largest absolute Gasteiger partial charge is 0.352 e. The van der Waals surface area contributed by atoms with Crippen molar-refractivity contribution in [2.75, 3.05) is 6.54 Å². The molecule has 4 aromatic carbocycles. The van der Waals surface area contributed by atoms with Crippen LogP contribution in [0.1, 0.15) is 15.9 Å². The summed E-state index contributed by atoms with van der Waals surface area (Å²) in [6.45, 7) is 0.486. The molecule has 0 fully saturated rings. The van der Waals surface area contributed by atoms with Crippen molar-refractivity contribution in [3.8, 4) is 22.5 Å². The zero-order valence-corrected chi connectivity index (χ0v) is 17.9. The molecule has 0 radical (unpaired) electrons. The van der Waals surface area contributed by atoms with E-state index in [0.717, 1.165) is 28.1 Å². The lowest BCUT2D eigenvalue weighted by molar-refractivity contribution is 0.0954. The number of amides is 1. The molecule has 1 heterocycles. The number of benzene rings is 4. The second kappa shape index (κ2) is 9.09. The molecule has 4 nitrogen and oxygen atoms in total. The Hall–Kier alpha value is -4.25. The minimum absolute atomic E-state index is 0.137. The summed E-state index contributed by atoms with van der Waals surface area (Å²) in [5, 5.41) is 12.9. The fraction of sp³-hybridized carbons (Fsp3) is 0.0714. The van der Waals surface area contributed by atoms with E-state index in [0.29, 0.717) is 18.5 Å². The Labute approximate surface area is 191 Å². The maximum absolute atomic E-state index is 13.0. The van der Waals surface area contributed by atoms with Gasteiger partial charge in [0.05, 0.1) is 11.4 Å². The molecule has 0 spiro atoms. The van der Waals surface area contributed by atoms with Crippen molar-refractivity contribution in [2.24, 2.45) is 0 Å². The van der Waals surface area contributed by atoms with E-state index in [4.69, 9.17) is 0 Å². The lowest BCUT2D eigenvalue weighted by Gasteiger charge is -2.06. The van der Waals surface area contributed by atoms with Crippen LogP contribution >= 0.6 is 0 Å². The predicted molar refractivity (Wildman–Crippen MR) is 129 cm³/mol. The first-order chi connectivity index (χ1) is 16.2. The van der Waals surface area contributed by atoms with E-state index in [9.17, 15) is 9.18 Å². The minimum Gasteiger partial charge on any atom is -0.352 e. The summed E-state index contributed by atoms with van der Waals surface area (Å²) in [6, 6.07) is 30.2. The van der Waals surface area contributed by atoms with Crippen LogP contribution in [-0.4, -0.2) is 22.6 Å². The highest BCUT2D eigenvalue weighted by atomic mass is 19.1. The molecular weight excluding hydrogens is 413 g/mol. The van der Waals surface area contributed by atoms with Gasteiger partial charge in [-0.05, 0) is 53.1 Å². The Balaban J connectivity index is 1.26. The van der Waals surface area contributed by atoms with Gasteiger partial charge >= 0.3 is 0 Å². The number of carbonyl (C=O) groups is 1. The summed E-state index contributed by atoms with van der Waals surface area (Å²) in [4.78, 5) is 12.5. The van der Waals surface area contributed by atoms with Crippen LogP contribution < -0.4 is 5.32 Å². The number of nitrogens with one attached hydrogen (secondary N) is 2. The zero-order chi connectivity index (χ0) is 22.6. The SMILES string of the molecule is O=C(NCCc1ccc(F)cc1)c1ccc(-c2cc(-c3cccc4ccccc34)[nH]n2)cc1. The van der Waals surface area contributed by atoms with Gasteiger partial charge in [0.1, 0.15) is 5.82 Å². The number of fused-ring (bicyclic) bond motifs is 1. The summed E-state index contributed by atoms with van der Waals surface area (Å²) in [5.41, 5.74) is 5.37. The molecule has 0 aliphatic rings.